The number of anilines is 2. The zero-order valence-corrected chi connectivity index (χ0v) is 11.1. The molecule has 0 bridgehead atoms. The second kappa shape index (κ2) is 5.36. The molecule has 106 valence electrons. The Hall–Kier alpha value is -2.69. The Labute approximate surface area is 120 Å². The maximum Gasteiger partial charge on any atom is 0.159 e. The van der Waals surface area contributed by atoms with Crippen LogP contribution in [0.1, 0.15) is 5.56 Å². The van der Waals surface area contributed by atoms with Crippen molar-refractivity contribution in [2.75, 3.05) is 11.1 Å². The minimum absolute atomic E-state index is 0.380. The van der Waals surface area contributed by atoms with Gasteiger partial charge in [0, 0.05) is 23.8 Å². The Morgan fingerprint density at radius 2 is 1.90 bits per heavy atom. The van der Waals surface area contributed by atoms with E-state index in [2.05, 4.69) is 10.3 Å². The molecule has 0 saturated heterocycles. The van der Waals surface area contributed by atoms with Gasteiger partial charge in [-0.15, -0.1) is 0 Å². The van der Waals surface area contributed by atoms with Crippen molar-refractivity contribution in [3.63, 3.8) is 0 Å². The molecular weight excluding hydrogens is 272 g/mol. The summed E-state index contributed by atoms with van der Waals surface area (Å²) in [6.07, 6.45) is 1.66. The van der Waals surface area contributed by atoms with Gasteiger partial charge in [0.05, 0.1) is 11.2 Å². The standard InChI is InChI=1S/C16H13F2N3/c17-12-5-4-10(8-13(12)18)9-21-15-6-7-20-16-11(15)2-1-3-14(16)19/h1-8H,9,19H2,(H,20,21). The highest BCUT2D eigenvalue weighted by molar-refractivity contribution is 5.97. The fraction of sp³-hybridized carbons (Fsp3) is 0.0625. The first-order valence-electron chi connectivity index (χ1n) is 6.46. The van der Waals surface area contributed by atoms with E-state index in [-0.39, 0.29) is 0 Å². The third-order valence-electron chi connectivity index (χ3n) is 3.27. The molecule has 0 amide bonds. The average Bonchev–Trinajstić information content (AvgIpc) is 2.49. The lowest BCUT2D eigenvalue weighted by Gasteiger charge is -2.10. The molecular formula is C16H13F2N3. The van der Waals surface area contributed by atoms with Crippen molar-refractivity contribution in [3.05, 3.63) is 65.9 Å². The predicted octanol–water partition coefficient (Wildman–Crippen LogP) is 3.71. The molecule has 0 spiro atoms. The number of fused-ring (bicyclic) bond motifs is 1. The van der Waals surface area contributed by atoms with Crippen LogP contribution < -0.4 is 11.1 Å². The lowest BCUT2D eigenvalue weighted by atomic mass is 10.1. The molecule has 3 aromatic rings. The van der Waals surface area contributed by atoms with E-state index < -0.39 is 11.6 Å². The van der Waals surface area contributed by atoms with Gasteiger partial charge in [0.15, 0.2) is 11.6 Å². The number of hydrogen-bond acceptors (Lipinski definition) is 3. The third-order valence-corrected chi connectivity index (χ3v) is 3.27. The van der Waals surface area contributed by atoms with Crippen molar-refractivity contribution in [2.24, 2.45) is 0 Å². The lowest BCUT2D eigenvalue weighted by molar-refractivity contribution is 0.507. The molecule has 5 heteroatoms. The quantitative estimate of drug-likeness (QED) is 0.721. The van der Waals surface area contributed by atoms with Crippen LogP contribution in [0, 0.1) is 11.6 Å². The summed E-state index contributed by atoms with van der Waals surface area (Å²) >= 11 is 0. The monoisotopic (exact) mass is 285 g/mol. The molecule has 3 N–H and O–H groups in total. The molecule has 0 radical (unpaired) electrons. The summed E-state index contributed by atoms with van der Waals surface area (Å²) in [5.41, 5.74) is 8.70. The van der Waals surface area contributed by atoms with E-state index in [0.717, 1.165) is 17.1 Å². The minimum atomic E-state index is -0.849. The summed E-state index contributed by atoms with van der Waals surface area (Å²) in [4.78, 5) is 4.25. The molecule has 1 aromatic heterocycles. The Bertz CT molecular complexity index is 803. The summed E-state index contributed by atoms with van der Waals surface area (Å²) in [7, 11) is 0. The van der Waals surface area contributed by atoms with E-state index in [9.17, 15) is 8.78 Å². The molecule has 1 heterocycles. The van der Waals surface area contributed by atoms with Crippen LogP contribution in [0.25, 0.3) is 10.9 Å². The summed E-state index contributed by atoms with van der Waals surface area (Å²) in [6.45, 7) is 0.380. The summed E-state index contributed by atoms with van der Waals surface area (Å²) in [6, 6.07) is 11.2. The molecule has 0 aliphatic heterocycles. The van der Waals surface area contributed by atoms with Crippen molar-refractivity contribution >= 4 is 22.3 Å². The SMILES string of the molecule is Nc1cccc2c(NCc3ccc(F)c(F)c3)ccnc12. The molecule has 0 atom stereocenters. The molecule has 3 rings (SSSR count). The highest BCUT2D eigenvalue weighted by atomic mass is 19.2. The van der Waals surface area contributed by atoms with Crippen molar-refractivity contribution in [3.8, 4) is 0 Å². The number of halogens is 2. The van der Waals surface area contributed by atoms with Crippen LogP contribution in [0.2, 0.25) is 0 Å². The number of nitrogens with one attached hydrogen (secondary N) is 1. The number of pyridine rings is 1. The summed E-state index contributed by atoms with van der Waals surface area (Å²) in [5.74, 6) is -1.70. The summed E-state index contributed by atoms with van der Waals surface area (Å²) < 4.78 is 26.1. The van der Waals surface area contributed by atoms with Crippen LogP contribution in [0.5, 0.6) is 0 Å². The zero-order chi connectivity index (χ0) is 14.8. The Balaban J connectivity index is 1.88. The Morgan fingerprint density at radius 3 is 2.71 bits per heavy atom. The van der Waals surface area contributed by atoms with Crippen molar-refractivity contribution in [1.82, 2.24) is 4.98 Å². The molecule has 0 fully saturated rings. The van der Waals surface area contributed by atoms with Crippen LogP contribution in [-0.2, 0) is 6.54 Å². The van der Waals surface area contributed by atoms with E-state index in [4.69, 9.17) is 5.73 Å². The van der Waals surface area contributed by atoms with E-state index >= 15 is 0 Å². The maximum atomic E-state index is 13.2. The van der Waals surface area contributed by atoms with Crippen molar-refractivity contribution in [2.45, 2.75) is 6.54 Å². The molecule has 0 aliphatic rings. The average molecular weight is 285 g/mol. The van der Waals surface area contributed by atoms with Crippen molar-refractivity contribution in [1.29, 1.82) is 0 Å². The Morgan fingerprint density at radius 1 is 1.05 bits per heavy atom. The molecule has 0 aliphatic carbocycles. The first kappa shape index (κ1) is 13.3. The molecule has 3 nitrogen and oxygen atoms in total. The highest BCUT2D eigenvalue weighted by Crippen LogP contribution is 2.25. The largest absolute Gasteiger partial charge is 0.397 e. The van der Waals surface area contributed by atoms with Crippen LogP contribution in [0.3, 0.4) is 0 Å². The number of nitrogen functional groups attached to an aromatic ring is 1. The van der Waals surface area contributed by atoms with Gasteiger partial charge in [0.25, 0.3) is 0 Å². The van der Waals surface area contributed by atoms with Gasteiger partial charge in [-0.1, -0.05) is 18.2 Å². The van der Waals surface area contributed by atoms with Gasteiger partial charge in [-0.2, -0.15) is 0 Å². The van der Waals surface area contributed by atoms with Gasteiger partial charge in [0.1, 0.15) is 0 Å². The van der Waals surface area contributed by atoms with Crippen LogP contribution >= 0.6 is 0 Å². The highest BCUT2D eigenvalue weighted by Gasteiger charge is 2.06. The topological polar surface area (TPSA) is 50.9 Å². The summed E-state index contributed by atoms with van der Waals surface area (Å²) in [5, 5.41) is 4.08. The normalized spacial score (nSPS) is 10.8. The van der Waals surface area contributed by atoms with Crippen LogP contribution in [-0.4, -0.2) is 4.98 Å². The predicted molar refractivity (Wildman–Crippen MR) is 79.8 cm³/mol. The lowest BCUT2D eigenvalue weighted by Crippen LogP contribution is -2.02. The van der Waals surface area contributed by atoms with Gasteiger partial charge in [-0.25, -0.2) is 8.78 Å². The first-order valence-corrected chi connectivity index (χ1v) is 6.46. The number of rotatable bonds is 3. The number of para-hydroxylation sites is 1. The van der Waals surface area contributed by atoms with Gasteiger partial charge >= 0.3 is 0 Å². The number of nitrogens with two attached hydrogens (primary N) is 1. The first-order chi connectivity index (χ1) is 10.1. The van der Waals surface area contributed by atoms with E-state index in [1.165, 1.54) is 6.07 Å². The second-order valence-electron chi connectivity index (χ2n) is 4.70. The molecule has 21 heavy (non-hydrogen) atoms. The third kappa shape index (κ3) is 2.63. The second-order valence-corrected chi connectivity index (χ2v) is 4.70. The van der Waals surface area contributed by atoms with Gasteiger partial charge in [-0.05, 0) is 29.8 Å². The van der Waals surface area contributed by atoms with Gasteiger partial charge in [0.2, 0.25) is 0 Å². The smallest absolute Gasteiger partial charge is 0.159 e. The van der Waals surface area contributed by atoms with E-state index in [1.54, 1.807) is 18.3 Å². The fourth-order valence-corrected chi connectivity index (χ4v) is 2.20. The molecule has 2 aromatic carbocycles. The van der Waals surface area contributed by atoms with Crippen LogP contribution in [0.4, 0.5) is 20.2 Å². The number of aromatic nitrogens is 1. The number of hydrogen-bond donors (Lipinski definition) is 2. The maximum absolute atomic E-state index is 13.2. The van der Waals surface area contributed by atoms with Gasteiger partial charge in [-0.3, -0.25) is 4.98 Å². The molecule has 0 unspecified atom stereocenters. The molecule has 0 saturated carbocycles. The number of nitrogens with zero attached hydrogens (tertiary/aromatic N) is 1. The van der Waals surface area contributed by atoms with E-state index in [0.29, 0.717) is 23.3 Å². The van der Waals surface area contributed by atoms with Crippen molar-refractivity contribution < 1.29 is 8.78 Å². The fourth-order valence-electron chi connectivity index (χ4n) is 2.20. The Kier molecular flexibility index (Phi) is 3.39. The number of benzene rings is 2. The van der Waals surface area contributed by atoms with Gasteiger partial charge < -0.3 is 11.1 Å². The zero-order valence-electron chi connectivity index (χ0n) is 11.1. The van der Waals surface area contributed by atoms with Crippen LogP contribution in [0.15, 0.2) is 48.7 Å². The van der Waals surface area contributed by atoms with E-state index in [1.807, 2.05) is 18.2 Å². The minimum Gasteiger partial charge on any atom is -0.397 e.